The number of aromatic nitrogens is 2. The Morgan fingerprint density at radius 2 is 1.66 bits per heavy atom. The van der Waals surface area contributed by atoms with Crippen molar-refractivity contribution in [1.82, 2.24) is 20.6 Å². The number of aliphatic hydroxyl groups is 2. The summed E-state index contributed by atoms with van der Waals surface area (Å²) in [6.45, 7) is 1.36. The highest BCUT2D eigenvalue weighted by molar-refractivity contribution is 6.39. The van der Waals surface area contributed by atoms with Gasteiger partial charge in [-0.2, -0.15) is 0 Å². The van der Waals surface area contributed by atoms with Crippen LogP contribution >= 0.6 is 23.2 Å². The number of aliphatic hydroxyl groups excluding tert-OH is 2. The highest BCUT2D eigenvalue weighted by Crippen LogP contribution is 2.41. The standard InChI is InChI=1S/C31H32Cl2FN5O5/c1-43-31-20(17-36-11-13-41)14-23(34)26(39-31)18-44-27-7-3-5-22(29(27)33)21-4-2-6-24(28(21)32)38-30(42)25-9-8-19(16-37-25)15-35-10-12-40/h2-9,14,16,35-36,40-41H,10-13,15,17-18H2,1H3,(H,38,42). The van der Waals surface area contributed by atoms with E-state index < -0.39 is 11.7 Å². The average molecular weight is 645 g/mol. The van der Waals surface area contributed by atoms with Crippen LogP contribution < -0.4 is 25.4 Å². The molecular weight excluding hydrogens is 612 g/mol. The zero-order chi connectivity index (χ0) is 31.5. The number of halogens is 3. The second kappa shape index (κ2) is 16.3. The monoisotopic (exact) mass is 643 g/mol. The summed E-state index contributed by atoms with van der Waals surface area (Å²) >= 11 is 13.4. The predicted molar refractivity (Wildman–Crippen MR) is 167 cm³/mol. The average Bonchev–Trinajstić information content (AvgIpc) is 3.03. The molecular formula is C31H32Cl2FN5O5. The number of methoxy groups -OCH3 is 1. The van der Waals surface area contributed by atoms with Gasteiger partial charge in [0.2, 0.25) is 5.88 Å². The summed E-state index contributed by atoms with van der Waals surface area (Å²) in [5, 5.41) is 27.2. The lowest BCUT2D eigenvalue weighted by molar-refractivity contribution is 0.102. The Labute approximate surface area is 264 Å². The molecule has 0 saturated carbocycles. The van der Waals surface area contributed by atoms with Gasteiger partial charge in [-0.3, -0.25) is 9.78 Å². The highest BCUT2D eigenvalue weighted by Gasteiger charge is 2.18. The first-order valence-corrected chi connectivity index (χ1v) is 14.4. The summed E-state index contributed by atoms with van der Waals surface area (Å²) in [4.78, 5) is 21.4. The number of nitrogens with one attached hydrogen (secondary N) is 3. The van der Waals surface area contributed by atoms with Crippen molar-refractivity contribution in [1.29, 1.82) is 0 Å². The van der Waals surface area contributed by atoms with Crippen molar-refractivity contribution < 1.29 is 28.9 Å². The third-order valence-electron chi connectivity index (χ3n) is 6.43. The lowest BCUT2D eigenvalue weighted by Gasteiger charge is -2.15. The molecule has 4 rings (SSSR count). The smallest absolute Gasteiger partial charge is 0.274 e. The minimum Gasteiger partial charge on any atom is -0.486 e. The summed E-state index contributed by atoms with van der Waals surface area (Å²) in [7, 11) is 1.44. The third-order valence-corrected chi connectivity index (χ3v) is 7.22. The minimum absolute atomic E-state index is 0.0278. The maximum atomic E-state index is 14.9. The number of anilines is 1. The molecule has 2 aromatic heterocycles. The zero-order valence-corrected chi connectivity index (χ0v) is 25.4. The normalized spacial score (nSPS) is 11.0. The molecule has 0 fully saturated rings. The van der Waals surface area contributed by atoms with Crippen LogP contribution in [-0.4, -0.2) is 59.5 Å². The van der Waals surface area contributed by atoms with Gasteiger partial charge in [-0.05, 0) is 29.8 Å². The van der Waals surface area contributed by atoms with Gasteiger partial charge in [0.15, 0.2) is 0 Å². The Kier molecular flexibility index (Phi) is 12.2. The van der Waals surface area contributed by atoms with Crippen molar-refractivity contribution >= 4 is 34.8 Å². The van der Waals surface area contributed by atoms with E-state index in [1.807, 2.05) is 0 Å². The van der Waals surface area contributed by atoms with E-state index in [2.05, 4.69) is 25.9 Å². The predicted octanol–water partition coefficient (Wildman–Crippen LogP) is 4.59. The van der Waals surface area contributed by atoms with Crippen LogP contribution in [0.4, 0.5) is 10.1 Å². The van der Waals surface area contributed by atoms with Crippen LogP contribution in [0.1, 0.15) is 27.3 Å². The topological polar surface area (TPSA) is 138 Å². The molecule has 0 aliphatic rings. The molecule has 44 heavy (non-hydrogen) atoms. The first kappa shape index (κ1) is 33.1. The minimum atomic E-state index is -0.576. The number of hydrogen-bond acceptors (Lipinski definition) is 9. The van der Waals surface area contributed by atoms with E-state index in [0.717, 1.165) is 5.56 Å². The van der Waals surface area contributed by atoms with E-state index in [4.69, 9.17) is 42.9 Å². The highest BCUT2D eigenvalue weighted by atomic mass is 35.5. The van der Waals surface area contributed by atoms with E-state index >= 15 is 0 Å². The zero-order valence-electron chi connectivity index (χ0n) is 23.9. The number of benzene rings is 2. The molecule has 10 nitrogen and oxygen atoms in total. The first-order valence-electron chi connectivity index (χ1n) is 13.7. The number of pyridine rings is 2. The Morgan fingerprint density at radius 1 is 0.955 bits per heavy atom. The Bertz CT molecular complexity index is 1580. The quantitative estimate of drug-likeness (QED) is 0.118. The van der Waals surface area contributed by atoms with Crippen molar-refractivity contribution in [3.05, 3.63) is 99.2 Å². The van der Waals surface area contributed by atoms with Gasteiger partial charge in [-0.1, -0.05) is 53.5 Å². The van der Waals surface area contributed by atoms with Crippen LogP contribution in [0.25, 0.3) is 11.1 Å². The number of hydrogen-bond donors (Lipinski definition) is 5. The molecule has 0 atom stereocenters. The molecule has 2 heterocycles. The van der Waals surface area contributed by atoms with Crippen LogP contribution in [0.2, 0.25) is 10.0 Å². The maximum Gasteiger partial charge on any atom is 0.274 e. The molecule has 0 aliphatic carbocycles. The second-order valence-corrected chi connectivity index (χ2v) is 10.2. The first-order chi connectivity index (χ1) is 21.4. The SMILES string of the molecule is COc1nc(COc2cccc(-c3cccc(NC(=O)c4ccc(CNCCO)cn4)c3Cl)c2Cl)c(F)cc1CNCCO. The number of nitrogens with zero attached hydrogens (tertiary/aromatic N) is 2. The van der Waals surface area contributed by atoms with Gasteiger partial charge in [0.05, 0.1) is 36.1 Å². The number of rotatable bonds is 15. The lowest BCUT2D eigenvalue weighted by Crippen LogP contribution is -2.19. The molecule has 0 spiro atoms. The number of ether oxygens (including phenoxy) is 2. The van der Waals surface area contributed by atoms with Crippen LogP contribution in [-0.2, 0) is 19.7 Å². The Hall–Kier alpha value is -3.84. The number of carbonyl (C=O) groups is 1. The summed E-state index contributed by atoms with van der Waals surface area (Å²) in [6.07, 6.45) is 1.59. The van der Waals surface area contributed by atoms with Gasteiger partial charge >= 0.3 is 0 Å². The second-order valence-electron chi connectivity index (χ2n) is 9.47. The molecule has 1 amide bonds. The lowest BCUT2D eigenvalue weighted by atomic mass is 10.0. The Balaban J connectivity index is 1.49. The van der Waals surface area contributed by atoms with Crippen LogP contribution in [0.5, 0.6) is 11.6 Å². The van der Waals surface area contributed by atoms with Crippen molar-refractivity contribution in [2.45, 2.75) is 19.7 Å². The summed E-state index contributed by atoms with van der Waals surface area (Å²) in [5.74, 6) is -0.501. The molecule has 4 aromatic rings. The van der Waals surface area contributed by atoms with Crippen molar-refractivity contribution in [2.75, 3.05) is 38.7 Å². The van der Waals surface area contributed by atoms with E-state index in [9.17, 15) is 9.18 Å². The van der Waals surface area contributed by atoms with Crippen LogP contribution in [0.15, 0.2) is 60.8 Å². The van der Waals surface area contributed by atoms with E-state index in [-0.39, 0.29) is 59.4 Å². The molecule has 0 saturated heterocycles. The van der Waals surface area contributed by atoms with E-state index in [1.54, 1.807) is 54.7 Å². The molecule has 232 valence electrons. The summed E-state index contributed by atoms with van der Waals surface area (Å²) < 4.78 is 26.0. The molecule has 0 unspecified atom stereocenters. The van der Waals surface area contributed by atoms with Crippen molar-refractivity contribution in [3.63, 3.8) is 0 Å². The van der Waals surface area contributed by atoms with Crippen molar-refractivity contribution in [2.24, 2.45) is 0 Å². The van der Waals surface area contributed by atoms with E-state index in [0.29, 0.717) is 42.0 Å². The van der Waals surface area contributed by atoms with Crippen molar-refractivity contribution in [3.8, 4) is 22.8 Å². The fourth-order valence-corrected chi connectivity index (χ4v) is 4.78. The van der Waals surface area contributed by atoms with E-state index in [1.165, 1.54) is 13.2 Å². The fraction of sp³-hybridized carbons (Fsp3) is 0.258. The van der Waals surface area contributed by atoms with Gasteiger partial charge < -0.3 is 35.6 Å². The van der Waals surface area contributed by atoms with Gasteiger partial charge in [-0.15, -0.1) is 0 Å². The number of amides is 1. The van der Waals surface area contributed by atoms with Gasteiger partial charge in [0.25, 0.3) is 5.91 Å². The third kappa shape index (κ3) is 8.41. The summed E-state index contributed by atoms with van der Waals surface area (Å²) in [5.41, 5.74) is 3.05. The summed E-state index contributed by atoms with van der Waals surface area (Å²) in [6, 6.07) is 15.0. The fourth-order valence-electron chi connectivity index (χ4n) is 4.23. The maximum absolute atomic E-state index is 14.9. The largest absolute Gasteiger partial charge is 0.486 e. The van der Waals surface area contributed by atoms with Gasteiger partial charge in [-0.25, -0.2) is 9.37 Å². The van der Waals surface area contributed by atoms with Crippen LogP contribution in [0.3, 0.4) is 0 Å². The number of carbonyl (C=O) groups excluding carboxylic acids is 1. The molecule has 2 aromatic carbocycles. The molecule has 0 bridgehead atoms. The van der Waals surface area contributed by atoms with Gasteiger partial charge in [0, 0.05) is 49.1 Å². The molecule has 5 N–H and O–H groups in total. The molecule has 0 aliphatic heterocycles. The molecule has 0 radical (unpaired) electrons. The van der Waals surface area contributed by atoms with Gasteiger partial charge in [0.1, 0.15) is 29.6 Å². The molecule has 13 heteroatoms. The Morgan fingerprint density at radius 3 is 2.34 bits per heavy atom. The van der Waals surface area contributed by atoms with Crippen LogP contribution in [0, 0.1) is 5.82 Å².